The average Bonchev–Trinajstić information content (AvgIpc) is 3.01. The first-order valence-corrected chi connectivity index (χ1v) is 8.19. The van der Waals surface area contributed by atoms with Crippen molar-refractivity contribution < 1.29 is 4.79 Å². The fourth-order valence-corrected chi connectivity index (χ4v) is 3.62. The minimum atomic E-state index is 0.173. The summed E-state index contributed by atoms with van der Waals surface area (Å²) in [6.07, 6.45) is 0. The maximum atomic E-state index is 11.7. The Hall–Kier alpha value is -1.65. The average molecular weight is 300 g/mol. The van der Waals surface area contributed by atoms with Crippen LogP contribution in [0.3, 0.4) is 0 Å². The molecule has 0 N–H and O–H groups in total. The summed E-state index contributed by atoms with van der Waals surface area (Å²) in [6, 6.07) is 15.1. The molecular formula is C17H20N2OS. The van der Waals surface area contributed by atoms with Gasteiger partial charge in [0.1, 0.15) is 0 Å². The van der Waals surface area contributed by atoms with Crippen LogP contribution in [-0.2, 0) is 11.3 Å². The first-order chi connectivity index (χ1) is 10.2. The number of piperazine rings is 1. The number of thiophene rings is 1. The van der Waals surface area contributed by atoms with Gasteiger partial charge in [0.2, 0.25) is 5.91 Å². The lowest BCUT2D eigenvalue weighted by Crippen LogP contribution is -2.49. The van der Waals surface area contributed by atoms with Crippen molar-refractivity contribution in [3.05, 3.63) is 58.3 Å². The molecule has 1 saturated heterocycles. The van der Waals surface area contributed by atoms with Crippen molar-refractivity contribution >= 4 is 17.2 Å². The third-order valence-electron chi connectivity index (χ3n) is 4.06. The molecule has 0 spiro atoms. The van der Waals surface area contributed by atoms with Crippen LogP contribution in [0.15, 0.2) is 47.8 Å². The highest BCUT2D eigenvalue weighted by Gasteiger charge is 2.29. The van der Waals surface area contributed by atoms with Gasteiger partial charge < -0.3 is 4.90 Å². The normalized spacial score (nSPS) is 19.7. The lowest BCUT2D eigenvalue weighted by atomic mass is 10.0. The summed E-state index contributed by atoms with van der Waals surface area (Å²) in [5.41, 5.74) is 1.29. The molecule has 0 saturated carbocycles. The number of benzene rings is 1. The van der Waals surface area contributed by atoms with Crippen LogP contribution in [0.1, 0.15) is 23.4 Å². The van der Waals surface area contributed by atoms with E-state index in [1.54, 1.807) is 18.3 Å². The molecule has 2 heterocycles. The zero-order chi connectivity index (χ0) is 14.7. The summed E-state index contributed by atoms with van der Waals surface area (Å²) in [7, 11) is 0. The summed E-state index contributed by atoms with van der Waals surface area (Å²) >= 11 is 1.80. The number of carbonyl (C=O) groups excluding carboxylic acids is 1. The fraction of sp³-hybridized carbons (Fsp3) is 0.353. The number of carbonyl (C=O) groups is 1. The van der Waals surface area contributed by atoms with E-state index in [0.29, 0.717) is 0 Å². The minimum Gasteiger partial charge on any atom is -0.340 e. The number of hydrogen-bond acceptors (Lipinski definition) is 3. The molecule has 1 aliphatic heterocycles. The zero-order valence-electron chi connectivity index (χ0n) is 12.2. The van der Waals surface area contributed by atoms with Gasteiger partial charge in [-0.1, -0.05) is 36.4 Å². The van der Waals surface area contributed by atoms with E-state index in [2.05, 4.69) is 46.7 Å². The quantitative estimate of drug-likeness (QED) is 0.869. The second kappa shape index (κ2) is 6.41. The summed E-state index contributed by atoms with van der Waals surface area (Å²) in [4.78, 5) is 17.5. The molecule has 2 aromatic rings. The molecule has 1 aliphatic rings. The monoisotopic (exact) mass is 300 g/mol. The summed E-state index contributed by atoms with van der Waals surface area (Å²) in [5, 5.41) is 2.12. The van der Waals surface area contributed by atoms with E-state index in [4.69, 9.17) is 0 Å². The minimum absolute atomic E-state index is 0.173. The van der Waals surface area contributed by atoms with Crippen LogP contribution >= 0.6 is 11.3 Å². The highest BCUT2D eigenvalue weighted by atomic mass is 32.1. The Morgan fingerprint density at radius 2 is 2.00 bits per heavy atom. The van der Waals surface area contributed by atoms with Gasteiger partial charge in [-0.05, 0) is 17.0 Å². The van der Waals surface area contributed by atoms with E-state index >= 15 is 0 Å². The number of amides is 1. The molecule has 3 nitrogen and oxygen atoms in total. The maximum absolute atomic E-state index is 11.7. The van der Waals surface area contributed by atoms with Crippen molar-refractivity contribution in [3.8, 4) is 0 Å². The maximum Gasteiger partial charge on any atom is 0.219 e. The van der Waals surface area contributed by atoms with E-state index in [9.17, 15) is 4.79 Å². The Balaban J connectivity index is 1.82. The highest BCUT2D eigenvalue weighted by molar-refractivity contribution is 7.09. The van der Waals surface area contributed by atoms with Crippen molar-refractivity contribution in [1.29, 1.82) is 0 Å². The van der Waals surface area contributed by atoms with Crippen molar-refractivity contribution in [2.24, 2.45) is 0 Å². The predicted octanol–water partition coefficient (Wildman–Crippen LogP) is 3.15. The number of rotatable bonds is 3. The first kappa shape index (κ1) is 14.3. The van der Waals surface area contributed by atoms with Crippen LogP contribution in [0.5, 0.6) is 0 Å². The van der Waals surface area contributed by atoms with Gasteiger partial charge in [0.25, 0.3) is 0 Å². The van der Waals surface area contributed by atoms with Gasteiger partial charge in [-0.25, -0.2) is 0 Å². The number of nitrogens with zero attached hydrogens (tertiary/aromatic N) is 2. The molecular weight excluding hydrogens is 280 g/mol. The van der Waals surface area contributed by atoms with Crippen molar-refractivity contribution in [3.63, 3.8) is 0 Å². The summed E-state index contributed by atoms with van der Waals surface area (Å²) in [6.45, 7) is 5.16. The molecule has 21 heavy (non-hydrogen) atoms. The topological polar surface area (TPSA) is 23.6 Å². The van der Waals surface area contributed by atoms with E-state index in [1.165, 1.54) is 10.4 Å². The van der Waals surface area contributed by atoms with Gasteiger partial charge in [-0.3, -0.25) is 9.69 Å². The molecule has 3 rings (SSSR count). The van der Waals surface area contributed by atoms with Gasteiger partial charge in [0, 0.05) is 38.0 Å². The van der Waals surface area contributed by atoms with Gasteiger partial charge in [-0.15, -0.1) is 11.3 Å². The molecule has 0 bridgehead atoms. The smallest absolute Gasteiger partial charge is 0.219 e. The standard InChI is InChI=1S/C17H20N2OS/c1-14(20)18-9-10-19(12-16-8-5-11-21-16)17(13-18)15-6-3-2-4-7-15/h2-8,11,17H,9-10,12-13H2,1H3. The van der Waals surface area contributed by atoms with E-state index < -0.39 is 0 Å². The molecule has 1 unspecified atom stereocenters. The Labute approximate surface area is 129 Å². The van der Waals surface area contributed by atoms with E-state index in [1.807, 2.05) is 11.0 Å². The highest BCUT2D eigenvalue weighted by Crippen LogP contribution is 2.28. The molecule has 1 aromatic heterocycles. The zero-order valence-corrected chi connectivity index (χ0v) is 13.1. The molecule has 1 aromatic carbocycles. The first-order valence-electron chi connectivity index (χ1n) is 7.31. The molecule has 1 amide bonds. The Morgan fingerprint density at radius 1 is 1.19 bits per heavy atom. The predicted molar refractivity (Wildman–Crippen MR) is 86.2 cm³/mol. The lowest BCUT2D eigenvalue weighted by Gasteiger charge is -2.41. The van der Waals surface area contributed by atoms with Crippen LogP contribution in [0.25, 0.3) is 0 Å². The SMILES string of the molecule is CC(=O)N1CCN(Cc2cccs2)C(c2ccccc2)C1. The summed E-state index contributed by atoms with van der Waals surface area (Å²) in [5.74, 6) is 0.173. The van der Waals surface area contributed by atoms with Gasteiger partial charge >= 0.3 is 0 Å². The molecule has 1 fully saturated rings. The van der Waals surface area contributed by atoms with Crippen molar-refractivity contribution in [2.45, 2.75) is 19.5 Å². The van der Waals surface area contributed by atoms with Crippen LogP contribution in [-0.4, -0.2) is 35.3 Å². The van der Waals surface area contributed by atoms with E-state index in [-0.39, 0.29) is 11.9 Å². The third kappa shape index (κ3) is 3.34. The van der Waals surface area contributed by atoms with Gasteiger partial charge in [0.15, 0.2) is 0 Å². The van der Waals surface area contributed by atoms with Crippen LogP contribution in [0, 0.1) is 0 Å². The van der Waals surface area contributed by atoms with E-state index in [0.717, 1.165) is 26.2 Å². The fourth-order valence-electron chi connectivity index (χ4n) is 2.89. The summed E-state index contributed by atoms with van der Waals surface area (Å²) < 4.78 is 0. The Kier molecular flexibility index (Phi) is 4.36. The second-order valence-electron chi connectivity index (χ2n) is 5.44. The Morgan fingerprint density at radius 3 is 2.67 bits per heavy atom. The van der Waals surface area contributed by atoms with Gasteiger partial charge in [-0.2, -0.15) is 0 Å². The van der Waals surface area contributed by atoms with Gasteiger partial charge in [0.05, 0.1) is 6.04 Å². The van der Waals surface area contributed by atoms with Crippen LogP contribution in [0.2, 0.25) is 0 Å². The molecule has 110 valence electrons. The number of hydrogen-bond donors (Lipinski definition) is 0. The molecule has 0 aliphatic carbocycles. The van der Waals surface area contributed by atoms with Crippen molar-refractivity contribution in [1.82, 2.24) is 9.80 Å². The lowest BCUT2D eigenvalue weighted by molar-refractivity contribution is -0.132. The molecule has 4 heteroatoms. The van der Waals surface area contributed by atoms with Crippen LogP contribution < -0.4 is 0 Å². The Bertz CT molecular complexity index is 582. The van der Waals surface area contributed by atoms with Crippen LogP contribution in [0.4, 0.5) is 0 Å². The van der Waals surface area contributed by atoms with Crippen molar-refractivity contribution in [2.75, 3.05) is 19.6 Å². The third-order valence-corrected chi connectivity index (χ3v) is 4.92. The molecule has 1 atom stereocenters. The molecule has 0 radical (unpaired) electrons. The second-order valence-corrected chi connectivity index (χ2v) is 6.47. The largest absolute Gasteiger partial charge is 0.340 e.